The minimum atomic E-state index is -0.472. The summed E-state index contributed by atoms with van der Waals surface area (Å²) in [5.74, 6) is 0.848. The van der Waals surface area contributed by atoms with Crippen molar-refractivity contribution in [2.45, 2.75) is 19.3 Å². The van der Waals surface area contributed by atoms with E-state index in [-0.39, 0.29) is 24.3 Å². The lowest BCUT2D eigenvalue weighted by atomic mass is 9.90. The van der Waals surface area contributed by atoms with Crippen LogP contribution in [-0.2, 0) is 11.2 Å². The Balaban J connectivity index is 1.74. The molecule has 1 amide bonds. The first-order chi connectivity index (χ1) is 18.8. The average molecular weight is 531 g/mol. The number of amidine groups is 1. The van der Waals surface area contributed by atoms with Gasteiger partial charge in [0.15, 0.2) is 18.1 Å². The van der Waals surface area contributed by atoms with Crippen LogP contribution in [-0.4, -0.2) is 68.7 Å². The van der Waals surface area contributed by atoms with Gasteiger partial charge in [0.1, 0.15) is 11.7 Å². The summed E-state index contributed by atoms with van der Waals surface area (Å²) in [5, 5.41) is 12.2. The molecule has 4 aromatic rings. The highest BCUT2D eigenvalue weighted by atomic mass is 16.5. The first-order valence-electron chi connectivity index (χ1n) is 12.3. The molecule has 0 spiro atoms. The zero-order valence-electron chi connectivity index (χ0n) is 21.9. The van der Waals surface area contributed by atoms with E-state index in [1.807, 2.05) is 31.2 Å². The molecule has 2 heterocycles. The average Bonchev–Trinajstić information content (AvgIpc) is 3.32. The third-order valence-electron chi connectivity index (χ3n) is 5.93. The molecule has 0 saturated carbocycles. The van der Waals surface area contributed by atoms with Gasteiger partial charge in [-0.3, -0.25) is 15.2 Å². The molecule has 1 atom stereocenters. The second-order valence-electron chi connectivity index (χ2n) is 8.86. The number of ether oxygens (including phenoxy) is 2. The molecule has 12 heteroatoms. The summed E-state index contributed by atoms with van der Waals surface area (Å²) in [6, 6.07) is 14.4. The van der Waals surface area contributed by atoms with Gasteiger partial charge in [0.2, 0.25) is 0 Å². The monoisotopic (exact) mass is 530 g/mol. The van der Waals surface area contributed by atoms with Crippen LogP contribution >= 0.6 is 0 Å². The fraction of sp³-hybridized carbons (Fsp3) is 0.259. The van der Waals surface area contributed by atoms with E-state index in [0.717, 1.165) is 15.8 Å². The van der Waals surface area contributed by atoms with Crippen molar-refractivity contribution < 1.29 is 14.3 Å². The Morgan fingerprint density at radius 1 is 1.10 bits per heavy atom. The summed E-state index contributed by atoms with van der Waals surface area (Å²) in [5.41, 5.74) is 7.49. The van der Waals surface area contributed by atoms with Crippen LogP contribution in [0.3, 0.4) is 0 Å². The van der Waals surface area contributed by atoms with Crippen molar-refractivity contribution in [1.29, 1.82) is 5.41 Å². The Morgan fingerprint density at radius 3 is 2.46 bits per heavy atom. The summed E-state index contributed by atoms with van der Waals surface area (Å²) in [6.07, 6.45) is 3.53. The summed E-state index contributed by atoms with van der Waals surface area (Å²) < 4.78 is 12.7. The van der Waals surface area contributed by atoms with Crippen LogP contribution in [0.5, 0.6) is 11.5 Å². The Morgan fingerprint density at radius 2 is 1.82 bits per heavy atom. The summed E-state index contributed by atoms with van der Waals surface area (Å²) in [6.45, 7) is 2.11. The molecule has 0 fully saturated rings. The number of carbonyl (C=O) groups excluding carboxylic acids is 1. The lowest BCUT2D eigenvalue weighted by Crippen LogP contribution is -2.27. The van der Waals surface area contributed by atoms with Gasteiger partial charge >= 0.3 is 5.69 Å². The van der Waals surface area contributed by atoms with Crippen molar-refractivity contribution in [3.8, 4) is 17.4 Å². The number of benzene rings is 2. The molecule has 2 aromatic carbocycles. The van der Waals surface area contributed by atoms with Crippen LogP contribution < -0.4 is 20.9 Å². The maximum atomic E-state index is 12.8. The molecule has 0 radical (unpaired) electrons. The number of nitrogen functional groups attached to an aromatic ring is 1. The van der Waals surface area contributed by atoms with E-state index in [1.54, 1.807) is 38.4 Å². The molecule has 0 aliphatic carbocycles. The molecule has 0 saturated heterocycles. The van der Waals surface area contributed by atoms with Crippen LogP contribution in [0, 0.1) is 5.41 Å². The highest BCUT2D eigenvalue weighted by Crippen LogP contribution is 2.34. The van der Waals surface area contributed by atoms with E-state index in [2.05, 4.69) is 20.1 Å². The molecule has 0 bridgehead atoms. The molecular weight excluding hydrogens is 500 g/mol. The molecule has 1 unspecified atom stereocenters. The fourth-order valence-corrected chi connectivity index (χ4v) is 3.86. The molecule has 12 nitrogen and oxygen atoms in total. The molecule has 4 N–H and O–H groups in total. The normalized spacial score (nSPS) is 11.6. The number of hydrogen-bond acceptors (Lipinski definition) is 8. The second kappa shape index (κ2) is 12.0. The highest BCUT2D eigenvalue weighted by molar-refractivity contribution is 5.94. The van der Waals surface area contributed by atoms with Crippen molar-refractivity contribution in [1.82, 2.24) is 29.6 Å². The minimum Gasteiger partial charge on any atom is -0.490 e. The summed E-state index contributed by atoms with van der Waals surface area (Å²) in [4.78, 5) is 37.4. The van der Waals surface area contributed by atoms with Gasteiger partial charge in [-0.05, 0) is 42.7 Å². The molecule has 39 heavy (non-hydrogen) atoms. The fourth-order valence-electron chi connectivity index (χ4n) is 3.86. The maximum Gasteiger partial charge on any atom is 0.350 e. The number of H-pyrrole nitrogens is 1. The van der Waals surface area contributed by atoms with Crippen LogP contribution in [0.1, 0.15) is 35.4 Å². The van der Waals surface area contributed by atoms with Crippen LogP contribution in [0.15, 0.2) is 65.7 Å². The van der Waals surface area contributed by atoms with E-state index in [9.17, 15) is 9.59 Å². The predicted molar refractivity (Wildman–Crippen MR) is 145 cm³/mol. The van der Waals surface area contributed by atoms with Crippen LogP contribution in [0.25, 0.3) is 5.95 Å². The number of amides is 1. The zero-order chi connectivity index (χ0) is 27.9. The lowest BCUT2D eigenvalue weighted by Gasteiger charge is -2.19. The number of aromatic nitrogens is 5. The smallest absolute Gasteiger partial charge is 0.350 e. The first kappa shape index (κ1) is 27.0. The largest absolute Gasteiger partial charge is 0.490 e. The number of nitrogens with one attached hydrogen (secondary N) is 2. The van der Waals surface area contributed by atoms with Gasteiger partial charge in [-0.2, -0.15) is 0 Å². The number of nitrogens with two attached hydrogens (primary N) is 1. The van der Waals surface area contributed by atoms with E-state index in [1.165, 1.54) is 17.3 Å². The summed E-state index contributed by atoms with van der Waals surface area (Å²) in [7, 11) is 3.32. The van der Waals surface area contributed by atoms with E-state index < -0.39 is 11.6 Å². The zero-order valence-corrected chi connectivity index (χ0v) is 21.9. The Hall–Kier alpha value is -5.00. The Bertz CT molecular complexity index is 1500. The molecule has 202 valence electrons. The van der Waals surface area contributed by atoms with Gasteiger partial charge < -0.3 is 20.1 Å². The molecule has 0 aliphatic rings. The SMILES string of the molecule is CCOc1cc(C(Cc2ccc(C(=N)N)cc2)c2nn(-c3ncccn3)c(=O)[nH]2)ccc1OCC(=O)N(C)C. The first-order valence-corrected chi connectivity index (χ1v) is 12.3. The number of carbonyl (C=O) groups is 1. The summed E-state index contributed by atoms with van der Waals surface area (Å²) >= 11 is 0. The van der Waals surface area contributed by atoms with Gasteiger partial charge in [0, 0.05) is 38.0 Å². The van der Waals surface area contributed by atoms with Crippen molar-refractivity contribution in [2.24, 2.45) is 5.73 Å². The van der Waals surface area contributed by atoms with Gasteiger partial charge in [-0.15, -0.1) is 9.78 Å². The molecule has 4 rings (SSSR count). The van der Waals surface area contributed by atoms with Crippen LogP contribution in [0.2, 0.25) is 0 Å². The van der Waals surface area contributed by atoms with Crippen LogP contribution in [0.4, 0.5) is 0 Å². The lowest BCUT2D eigenvalue weighted by molar-refractivity contribution is -0.130. The quantitative estimate of drug-likeness (QED) is 0.195. The Labute approximate surface area is 224 Å². The number of rotatable bonds is 11. The van der Waals surface area contributed by atoms with Crippen molar-refractivity contribution in [3.05, 3.63) is 93.9 Å². The van der Waals surface area contributed by atoms with Gasteiger partial charge in [0.25, 0.3) is 11.9 Å². The Kier molecular flexibility index (Phi) is 8.34. The van der Waals surface area contributed by atoms with Crippen molar-refractivity contribution in [3.63, 3.8) is 0 Å². The number of nitrogens with zero attached hydrogens (tertiary/aromatic N) is 5. The molecule has 0 aliphatic heterocycles. The maximum absolute atomic E-state index is 12.8. The second-order valence-corrected chi connectivity index (χ2v) is 8.86. The highest BCUT2D eigenvalue weighted by Gasteiger charge is 2.23. The standard InChI is InChI=1S/C27H30N8O4/c1-4-38-22-15-19(10-11-21(22)39-16-23(36)34(2)3)20(14-17-6-8-18(9-7-17)24(28)29)25-32-27(37)35(33-25)26-30-12-5-13-31-26/h5-13,15,20H,4,14,16H2,1-3H3,(H3,28,29)(H,32,33,37). The van der Waals surface area contributed by atoms with E-state index in [4.69, 9.17) is 20.6 Å². The minimum absolute atomic E-state index is 0.0197. The molecular formula is C27H30N8O4. The van der Waals surface area contributed by atoms with Crippen molar-refractivity contribution in [2.75, 3.05) is 27.3 Å². The van der Waals surface area contributed by atoms with E-state index >= 15 is 0 Å². The number of likely N-dealkylation sites (N-methyl/N-ethyl adjacent to an activating group) is 1. The third-order valence-corrected chi connectivity index (χ3v) is 5.93. The topological polar surface area (TPSA) is 165 Å². The third kappa shape index (κ3) is 6.47. The van der Waals surface area contributed by atoms with E-state index in [0.29, 0.717) is 35.9 Å². The van der Waals surface area contributed by atoms with Gasteiger partial charge in [0.05, 0.1) is 6.61 Å². The number of aromatic amines is 1. The van der Waals surface area contributed by atoms with Crippen molar-refractivity contribution >= 4 is 11.7 Å². The number of hydrogen-bond donors (Lipinski definition) is 3. The molecule has 2 aromatic heterocycles. The van der Waals surface area contributed by atoms with Gasteiger partial charge in [-0.1, -0.05) is 30.3 Å². The predicted octanol–water partition coefficient (Wildman–Crippen LogP) is 1.87. The van der Waals surface area contributed by atoms with Gasteiger partial charge in [-0.25, -0.2) is 14.8 Å².